The summed E-state index contributed by atoms with van der Waals surface area (Å²) in [4.78, 5) is 25.9. The van der Waals surface area contributed by atoms with E-state index in [1.54, 1.807) is 6.21 Å². The summed E-state index contributed by atoms with van der Waals surface area (Å²) in [5.74, 6) is 0.410. The Morgan fingerprint density at radius 1 is 1.00 bits per heavy atom. The summed E-state index contributed by atoms with van der Waals surface area (Å²) < 4.78 is 5.79. The number of amides is 2. The van der Waals surface area contributed by atoms with Crippen molar-refractivity contribution < 1.29 is 14.3 Å². The van der Waals surface area contributed by atoms with Crippen LogP contribution in [0.4, 0.5) is 0 Å². The Bertz CT molecular complexity index is 1100. The molecule has 156 valence electrons. The third kappa shape index (κ3) is 2.79. The van der Waals surface area contributed by atoms with Crippen molar-refractivity contribution in [3.63, 3.8) is 0 Å². The van der Waals surface area contributed by atoms with Gasteiger partial charge in [-0.2, -0.15) is 10.1 Å². The molecule has 5 nitrogen and oxygen atoms in total. The number of nitrogens with zero attached hydrogens (tertiary/aromatic N) is 2. The number of imide groups is 1. The number of carbonyl (C=O) groups is 2. The summed E-state index contributed by atoms with van der Waals surface area (Å²) in [6.45, 7) is 0.379. The van der Waals surface area contributed by atoms with Crippen LogP contribution in [-0.4, -0.2) is 23.0 Å². The molecule has 2 saturated carbocycles. The Morgan fingerprint density at radius 3 is 2.26 bits per heavy atom. The highest BCUT2D eigenvalue weighted by Crippen LogP contribution is 2.73. The lowest BCUT2D eigenvalue weighted by Gasteiger charge is -2.18. The molecule has 0 N–H and O–H groups in total. The van der Waals surface area contributed by atoms with Gasteiger partial charge in [0.05, 0.1) is 18.1 Å². The molecular formula is C25H21ClN2O3. The van der Waals surface area contributed by atoms with Crippen LogP contribution in [0, 0.1) is 29.1 Å². The fraction of sp³-hybridized carbons (Fsp3) is 0.320. The van der Waals surface area contributed by atoms with E-state index < -0.39 is 0 Å². The van der Waals surface area contributed by atoms with Gasteiger partial charge in [0.1, 0.15) is 12.4 Å². The smallest absolute Gasteiger partial charge is 0.254 e. The third-order valence-corrected chi connectivity index (χ3v) is 7.75. The average Bonchev–Trinajstić information content (AvgIpc) is 3.38. The fourth-order valence-electron chi connectivity index (χ4n) is 5.73. The summed E-state index contributed by atoms with van der Waals surface area (Å²) in [6, 6.07) is 14.9. The van der Waals surface area contributed by atoms with Gasteiger partial charge in [-0.3, -0.25) is 9.59 Å². The first-order valence-electron chi connectivity index (χ1n) is 10.6. The minimum atomic E-state index is -0.220. The number of fused-ring (bicyclic) bond motifs is 3. The number of benzene rings is 2. The lowest BCUT2D eigenvalue weighted by Crippen LogP contribution is -2.30. The molecule has 1 spiro atoms. The zero-order valence-electron chi connectivity index (χ0n) is 16.8. The fourth-order valence-corrected chi connectivity index (χ4v) is 5.92. The van der Waals surface area contributed by atoms with Crippen LogP contribution in [0.25, 0.3) is 0 Å². The Balaban J connectivity index is 1.12. The maximum atomic E-state index is 13.0. The molecule has 2 aromatic rings. The molecule has 2 bridgehead atoms. The highest BCUT2D eigenvalue weighted by molar-refractivity contribution is 6.31. The minimum Gasteiger partial charge on any atom is -0.489 e. The first-order valence-corrected chi connectivity index (χ1v) is 11.0. The third-order valence-electron chi connectivity index (χ3n) is 7.38. The van der Waals surface area contributed by atoms with Gasteiger partial charge in [0.25, 0.3) is 11.8 Å². The highest BCUT2D eigenvalue weighted by atomic mass is 35.5. The van der Waals surface area contributed by atoms with Gasteiger partial charge < -0.3 is 4.74 Å². The summed E-state index contributed by atoms with van der Waals surface area (Å²) in [5, 5.41) is 6.03. The molecule has 2 amide bonds. The van der Waals surface area contributed by atoms with E-state index in [0.717, 1.165) is 29.0 Å². The van der Waals surface area contributed by atoms with Crippen LogP contribution in [0.3, 0.4) is 0 Å². The van der Waals surface area contributed by atoms with Gasteiger partial charge in [0.2, 0.25) is 0 Å². The Labute approximate surface area is 185 Å². The Hall–Kier alpha value is -2.92. The van der Waals surface area contributed by atoms with E-state index in [0.29, 0.717) is 17.4 Å². The van der Waals surface area contributed by atoms with Gasteiger partial charge in [-0.15, -0.1) is 0 Å². The van der Waals surface area contributed by atoms with E-state index in [4.69, 9.17) is 16.3 Å². The van der Waals surface area contributed by atoms with Crippen LogP contribution >= 0.6 is 11.6 Å². The van der Waals surface area contributed by atoms with Crippen LogP contribution in [0.2, 0.25) is 5.02 Å². The van der Waals surface area contributed by atoms with Crippen molar-refractivity contribution in [3.8, 4) is 5.75 Å². The summed E-state index contributed by atoms with van der Waals surface area (Å²) >= 11 is 6.16. The van der Waals surface area contributed by atoms with Crippen molar-refractivity contribution >= 4 is 29.6 Å². The molecule has 0 aromatic heterocycles. The molecule has 1 aliphatic heterocycles. The van der Waals surface area contributed by atoms with Crippen molar-refractivity contribution in [3.05, 3.63) is 76.8 Å². The predicted molar refractivity (Wildman–Crippen MR) is 116 cm³/mol. The molecule has 3 aliphatic carbocycles. The predicted octanol–water partition coefficient (Wildman–Crippen LogP) is 4.45. The maximum Gasteiger partial charge on any atom is 0.254 e. The van der Waals surface area contributed by atoms with Gasteiger partial charge in [0.15, 0.2) is 0 Å². The Kier molecular flexibility index (Phi) is 4.12. The first-order chi connectivity index (χ1) is 15.1. The minimum absolute atomic E-state index is 0.144. The standard InChI is InChI=1S/C25H21ClN2O3/c26-20-4-2-1-3-16(20)14-31-17-7-5-15(6-8-17)13-27-28-23(29)21-18-9-10-19(22(21)24(28)30)25(18)11-12-25/h1-10,13,18-19,21-22H,11-12,14H2/b27-13-/t18-,19-,21-,22+/m1/s1. The van der Waals surface area contributed by atoms with Crippen LogP contribution in [-0.2, 0) is 16.2 Å². The molecule has 2 aromatic carbocycles. The van der Waals surface area contributed by atoms with E-state index in [-0.39, 0.29) is 40.9 Å². The monoisotopic (exact) mass is 432 g/mol. The van der Waals surface area contributed by atoms with Gasteiger partial charge in [-0.25, -0.2) is 0 Å². The number of rotatable bonds is 5. The lowest BCUT2D eigenvalue weighted by molar-refractivity contribution is -0.141. The zero-order chi connectivity index (χ0) is 21.2. The van der Waals surface area contributed by atoms with Gasteiger partial charge >= 0.3 is 0 Å². The van der Waals surface area contributed by atoms with Crippen LogP contribution in [0.1, 0.15) is 24.0 Å². The summed E-state index contributed by atoms with van der Waals surface area (Å²) in [5.41, 5.74) is 1.92. The number of hydrogen-bond acceptors (Lipinski definition) is 4. The summed E-state index contributed by atoms with van der Waals surface area (Å²) in [7, 11) is 0. The topological polar surface area (TPSA) is 59.0 Å². The second kappa shape index (κ2) is 6.79. The molecule has 1 saturated heterocycles. The number of ether oxygens (including phenoxy) is 1. The van der Waals surface area contributed by atoms with Crippen molar-refractivity contribution in [1.29, 1.82) is 0 Å². The van der Waals surface area contributed by atoms with Crippen molar-refractivity contribution in [2.24, 2.45) is 34.2 Å². The number of hydrazone groups is 1. The Morgan fingerprint density at radius 2 is 1.65 bits per heavy atom. The molecule has 31 heavy (non-hydrogen) atoms. The van der Waals surface area contributed by atoms with E-state index in [1.807, 2.05) is 48.5 Å². The second-order valence-electron chi connectivity index (χ2n) is 8.90. The molecule has 6 rings (SSSR count). The van der Waals surface area contributed by atoms with Crippen molar-refractivity contribution in [2.45, 2.75) is 19.4 Å². The quantitative estimate of drug-likeness (QED) is 0.398. The number of hydrogen-bond donors (Lipinski definition) is 0. The summed E-state index contributed by atoms with van der Waals surface area (Å²) in [6.07, 6.45) is 8.17. The molecule has 0 unspecified atom stereocenters. The molecule has 3 fully saturated rings. The van der Waals surface area contributed by atoms with Crippen LogP contribution in [0.5, 0.6) is 5.75 Å². The van der Waals surface area contributed by atoms with E-state index >= 15 is 0 Å². The molecule has 1 heterocycles. The number of halogens is 1. The molecule has 4 atom stereocenters. The van der Waals surface area contributed by atoms with E-state index in [9.17, 15) is 9.59 Å². The molecule has 4 aliphatic rings. The second-order valence-corrected chi connectivity index (χ2v) is 9.31. The van der Waals surface area contributed by atoms with E-state index in [2.05, 4.69) is 17.3 Å². The molecule has 6 heteroatoms. The maximum absolute atomic E-state index is 13.0. The van der Waals surface area contributed by atoms with E-state index in [1.165, 1.54) is 0 Å². The molecular weight excluding hydrogens is 412 g/mol. The number of carbonyl (C=O) groups excluding carboxylic acids is 2. The first kappa shape index (κ1) is 18.8. The normalized spacial score (nSPS) is 29.4. The SMILES string of the molecule is O=C1[C@@H]2[C@H](C(=O)N1/N=C\c1ccc(OCc3ccccc3Cl)cc1)[C@H]1C=C[C@H]2C12CC2. The molecule has 0 radical (unpaired) electrons. The highest BCUT2D eigenvalue weighted by Gasteiger charge is 2.73. The largest absolute Gasteiger partial charge is 0.489 e. The number of allylic oxidation sites excluding steroid dienone is 2. The van der Waals surface area contributed by atoms with Crippen molar-refractivity contribution in [1.82, 2.24) is 5.01 Å². The average molecular weight is 433 g/mol. The zero-order valence-corrected chi connectivity index (χ0v) is 17.5. The van der Waals surface area contributed by atoms with Crippen LogP contribution < -0.4 is 4.74 Å². The van der Waals surface area contributed by atoms with Crippen LogP contribution in [0.15, 0.2) is 65.8 Å². The van der Waals surface area contributed by atoms with Gasteiger partial charge in [-0.1, -0.05) is 42.0 Å². The van der Waals surface area contributed by atoms with Gasteiger partial charge in [0, 0.05) is 10.6 Å². The lowest BCUT2D eigenvalue weighted by atomic mass is 9.85. The van der Waals surface area contributed by atoms with Crippen molar-refractivity contribution in [2.75, 3.05) is 0 Å². The van der Waals surface area contributed by atoms with Gasteiger partial charge in [-0.05, 0) is 66.0 Å².